The van der Waals surface area contributed by atoms with Crippen LogP contribution >= 0.6 is 0 Å². The SMILES string of the molecule is C(=C\Oc1ccccn1)/Oc1ccccn1. The van der Waals surface area contributed by atoms with Crippen molar-refractivity contribution in [2.75, 3.05) is 0 Å². The van der Waals surface area contributed by atoms with Gasteiger partial charge in [0.05, 0.1) is 0 Å². The van der Waals surface area contributed by atoms with Gasteiger partial charge in [-0.25, -0.2) is 9.97 Å². The van der Waals surface area contributed by atoms with Crippen LogP contribution in [0.2, 0.25) is 0 Å². The van der Waals surface area contributed by atoms with Crippen molar-refractivity contribution >= 4 is 0 Å². The number of hydrogen-bond acceptors (Lipinski definition) is 4. The molecular formula is C12H10N2O2. The highest BCUT2D eigenvalue weighted by Crippen LogP contribution is 2.05. The quantitative estimate of drug-likeness (QED) is 0.733. The fraction of sp³-hybridized carbons (Fsp3) is 0. The molecule has 0 N–H and O–H groups in total. The van der Waals surface area contributed by atoms with Crippen molar-refractivity contribution in [2.45, 2.75) is 0 Å². The van der Waals surface area contributed by atoms with Crippen molar-refractivity contribution in [1.82, 2.24) is 9.97 Å². The van der Waals surface area contributed by atoms with Gasteiger partial charge in [-0.3, -0.25) is 0 Å². The predicted molar refractivity (Wildman–Crippen MR) is 58.9 cm³/mol. The highest BCUT2D eigenvalue weighted by Gasteiger charge is 1.89. The van der Waals surface area contributed by atoms with Gasteiger partial charge < -0.3 is 9.47 Å². The van der Waals surface area contributed by atoms with Crippen LogP contribution in [-0.2, 0) is 0 Å². The topological polar surface area (TPSA) is 44.2 Å². The van der Waals surface area contributed by atoms with Crippen molar-refractivity contribution < 1.29 is 9.47 Å². The summed E-state index contributed by atoms with van der Waals surface area (Å²) in [6.07, 6.45) is 6.14. The molecule has 0 saturated carbocycles. The van der Waals surface area contributed by atoms with E-state index in [1.54, 1.807) is 24.5 Å². The van der Waals surface area contributed by atoms with E-state index >= 15 is 0 Å². The number of rotatable bonds is 4. The molecule has 0 unspecified atom stereocenters. The standard InChI is InChI=1S/C12H10N2O2/c1-3-7-13-11(5-1)15-9-10-16-12-6-2-4-8-14-12/h1-10H/b10-9+. The van der Waals surface area contributed by atoms with E-state index in [1.807, 2.05) is 24.3 Å². The zero-order valence-corrected chi connectivity index (χ0v) is 8.48. The minimum absolute atomic E-state index is 0.517. The smallest absolute Gasteiger partial charge is 0.218 e. The Bertz CT molecular complexity index is 400. The number of pyridine rings is 2. The number of aromatic nitrogens is 2. The van der Waals surface area contributed by atoms with E-state index < -0.39 is 0 Å². The van der Waals surface area contributed by atoms with Crippen LogP contribution in [0.15, 0.2) is 61.3 Å². The van der Waals surface area contributed by atoms with Gasteiger partial charge in [-0.05, 0) is 12.1 Å². The van der Waals surface area contributed by atoms with E-state index in [0.717, 1.165) is 0 Å². The maximum Gasteiger partial charge on any atom is 0.218 e. The van der Waals surface area contributed by atoms with Crippen LogP contribution in [0.1, 0.15) is 0 Å². The minimum Gasteiger partial charge on any atom is -0.443 e. The average Bonchev–Trinajstić information content (AvgIpc) is 2.37. The van der Waals surface area contributed by atoms with Crippen molar-refractivity contribution in [3.05, 3.63) is 61.3 Å². The van der Waals surface area contributed by atoms with Crippen molar-refractivity contribution in [2.24, 2.45) is 0 Å². The van der Waals surface area contributed by atoms with Gasteiger partial charge >= 0.3 is 0 Å². The first-order valence-electron chi connectivity index (χ1n) is 4.75. The van der Waals surface area contributed by atoms with E-state index in [0.29, 0.717) is 11.8 Å². The molecule has 2 heterocycles. The first-order chi connectivity index (χ1) is 7.95. The van der Waals surface area contributed by atoms with E-state index in [2.05, 4.69) is 9.97 Å². The van der Waals surface area contributed by atoms with Gasteiger partial charge in [0.15, 0.2) is 0 Å². The summed E-state index contributed by atoms with van der Waals surface area (Å²) in [5.41, 5.74) is 0. The Morgan fingerprint density at radius 2 is 1.25 bits per heavy atom. The van der Waals surface area contributed by atoms with Gasteiger partial charge in [-0.1, -0.05) is 12.1 Å². The molecule has 0 bridgehead atoms. The third-order valence-corrected chi connectivity index (χ3v) is 1.71. The summed E-state index contributed by atoms with van der Waals surface area (Å²) < 4.78 is 10.4. The fourth-order valence-electron chi connectivity index (χ4n) is 1.03. The van der Waals surface area contributed by atoms with Crippen molar-refractivity contribution in [3.63, 3.8) is 0 Å². The van der Waals surface area contributed by atoms with Crippen LogP contribution in [0.4, 0.5) is 0 Å². The fourth-order valence-corrected chi connectivity index (χ4v) is 1.03. The molecule has 2 aromatic rings. The molecule has 16 heavy (non-hydrogen) atoms. The molecule has 0 saturated heterocycles. The molecule has 2 rings (SSSR count). The highest BCUT2D eigenvalue weighted by molar-refractivity contribution is 5.12. The second-order valence-electron chi connectivity index (χ2n) is 2.84. The molecule has 4 heteroatoms. The van der Waals surface area contributed by atoms with Crippen LogP contribution in [-0.4, -0.2) is 9.97 Å². The van der Waals surface area contributed by atoms with Crippen LogP contribution < -0.4 is 9.47 Å². The molecule has 0 aliphatic rings. The van der Waals surface area contributed by atoms with E-state index in [4.69, 9.17) is 9.47 Å². The van der Waals surface area contributed by atoms with Gasteiger partial charge in [0.2, 0.25) is 11.8 Å². The Kier molecular flexibility index (Phi) is 3.50. The minimum atomic E-state index is 0.517. The summed E-state index contributed by atoms with van der Waals surface area (Å²) in [6.45, 7) is 0. The lowest BCUT2D eigenvalue weighted by molar-refractivity contribution is 0.405. The second-order valence-corrected chi connectivity index (χ2v) is 2.84. The van der Waals surface area contributed by atoms with Crippen molar-refractivity contribution in [1.29, 1.82) is 0 Å². The molecule has 80 valence electrons. The van der Waals surface area contributed by atoms with Crippen LogP contribution in [0.5, 0.6) is 11.8 Å². The Hall–Kier alpha value is -2.36. The molecule has 4 nitrogen and oxygen atoms in total. The normalized spacial score (nSPS) is 10.2. The first kappa shape index (κ1) is 10.2. The number of ether oxygens (including phenoxy) is 2. The summed E-state index contributed by atoms with van der Waals surface area (Å²) in [6, 6.07) is 10.8. The molecule has 0 aromatic carbocycles. The molecular weight excluding hydrogens is 204 g/mol. The zero-order chi connectivity index (χ0) is 11.1. The Morgan fingerprint density at radius 1 is 0.750 bits per heavy atom. The lowest BCUT2D eigenvalue weighted by Gasteiger charge is -1.98. The van der Waals surface area contributed by atoms with Gasteiger partial charge in [-0.2, -0.15) is 0 Å². The monoisotopic (exact) mass is 214 g/mol. The Morgan fingerprint density at radius 3 is 1.62 bits per heavy atom. The molecule has 0 radical (unpaired) electrons. The summed E-state index contributed by atoms with van der Waals surface area (Å²) in [7, 11) is 0. The van der Waals surface area contributed by atoms with Crippen LogP contribution in [0.3, 0.4) is 0 Å². The van der Waals surface area contributed by atoms with Gasteiger partial charge in [-0.15, -0.1) is 0 Å². The number of hydrogen-bond donors (Lipinski definition) is 0. The van der Waals surface area contributed by atoms with Gasteiger partial charge in [0.1, 0.15) is 12.5 Å². The molecule has 2 aromatic heterocycles. The third-order valence-electron chi connectivity index (χ3n) is 1.71. The third kappa shape index (κ3) is 3.09. The van der Waals surface area contributed by atoms with Crippen molar-refractivity contribution in [3.8, 4) is 11.8 Å². The van der Waals surface area contributed by atoms with E-state index in [9.17, 15) is 0 Å². The summed E-state index contributed by atoms with van der Waals surface area (Å²) in [5.74, 6) is 1.03. The summed E-state index contributed by atoms with van der Waals surface area (Å²) in [5, 5.41) is 0. The maximum absolute atomic E-state index is 5.18. The lowest BCUT2D eigenvalue weighted by Crippen LogP contribution is -1.89. The first-order valence-corrected chi connectivity index (χ1v) is 4.75. The molecule has 0 aliphatic carbocycles. The molecule has 0 atom stereocenters. The number of nitrogens with zero attached hydrogens (tertiary/aromatic N) is 2. The summed E-state index contributed by atoms with van der Waals surface area (Å²) >= 11 is 0. The highest BCUT2D eigenvalue weighted by atomic mass is 16.5. The molecule has 0 aliphatic heterocycles. The molecule has 0 fully saturated rings. The lowest BCUT2D eigenvalue weighted by atomic mass is 10.5. The maximum atomic E-state index is 5.18. The van der Waals surface area contributed by atoms with E-state index in [1.165, 1.54) is 12.5 Å². The summed E-state index contributed by atoms with van der Waals surface area (Å²) in [4.78, 5) is 7.96. The van der Waals surface area contributed by atoms with E-state index in [-0.39, 0.29) is 0 Å². The van der Waals surface area contributed by atoms with Crippen LogP contribution in [0, 0.1) is 0 Å². The molecule has 0 spiro atoms. The van der Waals surface area contributed by atoms with Gasteiger partial charge in [0, 0.05) is 24.5 Å². The second kappa shape index (κ2) is 5.50. The van der Waals surface area contributed by atoms with Crippen LogP contribution in [0.25, 0.3) is 0 Å². The Labute approximate surface area is 93.2 Å². The largest absolute Gasteiger partial charge is 0.443 e. The zero-order valence-electron chi connectivity index (χ0n) is 8.48. The Balaban J connectivity index is 1.83. The molecule has 0 amide bonds. The predicted octanol–water partition coefficient (Wildman–Crippen LogP) is 2.41. The average molecular weight is 214 g/mol. The van der Waals surface area contributed by atoms with Gasteiger partial charge in [0.25, 0.3) is 0 Å².